The zero-order valence-electron chi connectivity index (χ0n) is 11.5. The van der Waals surface area contributed by atoms with E-state index >= 15 is 0 Å². The van der Waals surface area contributed by atoms with Crippen molar-refractivity contribution in [2.75, 3.05) is 33.4 Å². The van der Waals surface area contributed by atoms with E-state index in [1.54, 1.807) is 0 Å². The summed E-state index contributed by atoms with van der Waals surface area (Å²) in [5.74, 6) is -1.29. The Morgan fingerprint density at radius 3 is 2.32 bits per heavy atom. The standard InChI is InChI=1S/C12H20N2O5/c1-4-13-12(17)14(5-2)8-9-19-11(16)7-6-10(15)18-3/h6-7H,4-5,8-9H2,1-3H3,(H,13,17)/b7-6+. The molecule has 2 amide bonds. The van der Waals surface area contributed by atoms with Gasteiger partial charge in [0.2, 0.25) is 0 Å². The Balaban J connectivity index is 4.00. The fraction of sp³-hybridized carbons (Fsp3) is 0.583. The molecule has 0 aromatic heterocycles. The number of amides is 2. The van der Waals surface area contributed by atoms with Crippen molar-refractivity contribution in [3.8, 4) is 0 Å². The Kier molecular flexibility index (Phi) is 8.86. The number of hydrogen-bond acceptors (Lipinski definition) is 5. The molecule has 0 aliphatic carbocycles. The van der Waals surface area contributed by atoms with Crippen LogP contribution >= 0.6 is 0 Å². The Bertz CT molecular complexity index is 341. The second-order valence-electron chi connectivity index (χ2n) is 3.44. The molecule has 0 aliphatic rings. The minimum atomic E-state index is -0.655. The Hall–Kier alpha value is -2.05. The van der Waals surface area contributed by atoms with Crippen LogP contribution in [0.2, 0.25) is 0 Å². The molecule has 0 aromatic carbocycles. The fourth-order valence-electron chi connectivity index (χ4n) is 1.17. The van der Waals surface area contributed by atoms with Crippen LogP contribution in [0, 0.1) is 0 Å². The molecule has 1 N–H and O–H groups in total. The third-order valence-electron chi connectivity index (χ3n) is 2.16. The van der Waals surface area contributed by atoms with Crippen LogP contribution in [0.5, 0.6) is 0 Å². The lowest BCUT2D eigenvalue weighted by atomic mass is 10.5. The summed E-state index contributed by atoms with van der Waals surface area (Å²) in [6.45, 7) is 5.06. The van der Waals surface area contributed by atoms with Crippen molar-refractivity contribution >= 4 is 18.0 Å². The van der Waals surface area contributed by atoms with E-state index < -0.39 is 11.9 Å². The number of rotatable bonds is 7. The topological polar surface area (TPSA) is 84.9 Å². The molecular formula is C12H20N2O5. The number of hydrogen-bond donors (Lipinski definition) is 1. The van der Waals surface area contributed by atoms with Crippen LogP contribution < -0.4 is 5.32 Å². The van der Waals surface area contributed by atoms with Crippen LogP contribution in [-0.4, -0.2) is 56.2 Å². The van der Waals surface area contributed by atoms with E-state index in [2.05, 4.69) is 10.1 Å². The first kappa shape index (κ1) is 16.9. The van der Waals surface area contributed by atoms with Gasteiger partial charge in [-0.2, -0.15) is 0 Å². The van der Waals surface area contributed by atoms with Crippen LogP contribution in [-0.2, 0) is 19.1 Å². The number of nitrogens with one attached hydrogen (secondary N) is 1. The van der Waals surface area contributed by atoms with Crippen LogP contribution in [0.3, 0.4) is 0 Å². The van der Waals surface area contributed by atoms with E-state index in [-0.39, 0.29) is 12.6 Å². The molecule has 7 heteroatoms. The number of urea groups is 1. The van der Waals surface area contributed by atoms with Gasteiger partial charge in [-0.15, -0.1) is 0 Å². The second kappa shape index (κ2) is 9.93. The van der Waals surface area contributed by atoms with Gasteiger partial charge < -0.3 is 19.7 Å². The number of esters is 2. The first-order chi connectivity index (χ1) is 9.04. The smallest absolute Gasteiger partial charge is 0.331 e. The zero-order valence-corrected chi connectivity index (χ0v) is 11.5. The number of ether oxygens (including phenoxy) is 2. The lowest BCUT2D eigenvalue weighted by Crippen LogP contribution is -2.41. The van der Waals surface area contributed by atoms with Gasteiger partial charge in [-0.25, -0.2) is 14.4 Å². The van der Waals surface area contributed by atoms with E-state index in [4.69, 9.17) is 4.74 Å². The number of methoxy groups -OCH3 is 1. The van der Waals surface area contributed by atoms with Crippen molar-refractivity contribution < 1.29 is 23.9 Å². The molecule has 0 saturated heterocycles. The van der Waals surface area contributed by atoms with Crippen LogP contribution in [0.1, 0.15) is 13.8 Å². The second-order valence-corrected chi connectivity index (χ2v) is 3.44. The van der Waals surface area contributed by atoms with E-state index in [0.29, 0.717) is 19.6 Å². The SMILES string of the molecule is CCNC(=O)N(CC)CCOC(=O)/C=C/C(=O)OC. The Morgan fingerprint density at radius 2 is 1.79 bits per heavy atom. The van der Waals surface area contributed by atoms with Crippen molar-refractivity contribution in [3.05, 3.63) is 12.2 Å². The first-order valence-electron chi connectivity index (χ1n) is 6.00. The predicted octanol–water partition coefficient (Wildman–Crippen LogP) is 0.310. The number of nitrogens with zero attached hydrogens (tertiary/aromatic N) is 1. The van der Waals surface area contributed by atoms with Crippen molar-refractivity contribution in [2.45, 2.75) is 13.8 Å². The van der Waals surface area contributed by atoms with Gasteiger partial charge in [-0.1, -0.05) is 0 Å². The summed E-state index contributed by atoms with van der Waals surface area (Å²) >= 11 is 0. The summed E-state index contributed by atoms with van der Waals surface area (Å²) in [5, 5.41) is 2.65. The zero-order chi connectivity index (χ0) is 14.7. The van der Waals surface area contributed by atoms with Gasteiger partial charge in [0.25, 0.3) is 0 Å². The molecule has 0 atom stereocenters. The summed E-state index contributed by atoms with van der Waals surface area (Å²) < 4.78 is 9.17. The molecule has 0 aromatic rings. The van der Waals surface area contributed by atoms with E-state index in [9.17, 15) is 14.4 Å². The summed E-state index contributed by atoms with van der Waals surface area (Å²) in [6.07, 6.45) is 1.96. The first-order valence-corrected chi connectivity index (χ1v) is 6.00. The van der Waals surface area contributed by atoms with Gasteiger partial charge in [0.05, 0.1) is 13.7 Å². The highest BCUT2D eigenvalue weighted by atomic mass is 16.5. The normalized spacial score (nSPS) is 10.1. The van der Waals surface area contributed by atoms with Crippen molar-refractivity contribution in [1.82, 2.24) is 10.2 Å². The maximum Gasteiger partial charge on any atom is 0.331 e. The van der Waals surface area contributed by atoms with Crippen LogP contribution in [0.15, 0.2) is 12.2 Å². The Morgan fingerprint density at radius 1 is 1.16 bits per heavy atom. The van der Waals surface area contributed by atoms with Gasteiger partial charge in [-0.3, -0.25) is 0 Å². The predicted molar refractivity (Wildman–Crippen MR) is 68.4 cm³/mol. The van der Waals surface area contributed by atoms with E-state index in [1.165, 1.54) is 12.0 Å². The quantitative estimate of drug-likeness (QED) is 0.532. The molecular weight excluding hydrogens is 252 g/mol. The molecule has 0 heterocycles. The number of likely N-dealkylation sites (N-methyl/N-ethyl adjacent to an activating group) is 1. The van der Waals surface area contributed by atoms with Gasteiger partial charge in [0.1, 0.15) is 6.61 Å². The van der Waals surface area contributed by atoms with E-state index in [0.717, 1.165) is 12.2 Å². The Labute approximate surface area is 112 Å². The highest BCUT2D eigenvalue weighted by molar-refractivity contribution is 5.91. The maximum atomic E-state index is 11.5. The van der Waals surface area contributed by atoms with Gasteiger partial charge in [-0.05, 0) is 13.8 Å². The van der Waals surface area contributed by atoms with Crippen molar-refractivity contribution in [3.63, 3.8) is 0 Å². The average Bonchev–Trinajstić information content (AvgIpc) is 2.41. The van der Waals surface area contributed by atoms with Gasteiger partial charge >= 0.3 is 18.0 Å². The van der Waals surface area contributed by atoms with Gasteiger partial charge in [0.15, 0.2) is 0 Å². The number of carbonyl (C=O) groups excluding carboxylic acids is 3. The summed E-state index contributed by atoms with van der Waals surface area (Å²) in [5.41, 5.74) is 0. The third kappa shape index (κ3) is 7.80. The van der Waals surface area contributed by atoms with Crippen LogP contribution in [0.4, 0.5) is 4.79 Å². The molecule has 0 bridgehead atoms. The fourth-order valence-corrected chi connectivity index (χ4v) is 1.17. The molecule has 0 spiro atoms. The highest BCUT2D eigenvalue weighted by Crippen LogP contribution is 1.91. The summed E-state index contributed by atoms with van der Waals surface area (Å²) in [7, 11) is 1.21. The molecule has 0 radical (unpaired) electrons. The third-order valence-corrected chi connectivity index (χ3v) is 2.16. The molecule has 0 rings (SSSR count). The van der Waals surface area contributed by atoms with Crippen molar-refractivity contribution in [1.29, 1.82) is 0 Å². The molecule has 7 nitrogen and oxygen atoms in total. The van der Waals surface area contributed by atoms with E-state index in [1.807, 2.05) is 13.8 Å². The summed E-state index contributed by atoms with van der Waals surface area (Å²) in [4.78, 5) is 34.9. The lowest BCUT2D eigenvalue weighted by Gasteiger charge is -2.20. The minimum absolute atomic E-state index is 0.0648. The molecule has 0 saturated carbocycles. The van der Waals surface area contributed by atoms with Crippen LogP contribution in [0.25, 0.3) is 0 Å². The average molecular weight is 272 g/mol. The monoisotopic (exact) mass is 272 g/mol. The number of carbonyl (C=O) groups is 3. The largest absolute Gasteiger partial charge is 0.466 e. The molecule has 0 aliphatic heterocycles. The maximum absolute atomic E-state index is 11.5. The molecule has 19 heavy (non-hydrogen) atoms. The van der Waals surface area contributed by atoms with Gasteiger partial charge in [0, 0.05) is 25.2 Å². The minimum Gasteiger partial charge on any atom is -0.466 e. The van der Waals surface area contributed by atoms with Crippen molar-refractivity contribution in [2.24, 2.45) is 0 Å². The molecule has 0 fully saturated rings. The lowest BCUT2D eigenvalue weighted by molar-refractivity contribution is -0.139. The highest BCUT2D eigenvalue weighted by Gasteiger charge is 2.10. The molecule has 108 valence electrons. The summed E-state index contributed by atoms with van der Waals surface area (Å²) in [6, 6.07) is -0.203. The molecule has 0 unspecified atom stereocenters.